The van der Waals surface area contributed by atoms with Crippen LogP contribution in [0.2, 0.25) is 5.02 Å². The normalized spacial score (nSPS) is 12.4. The van der Waals surface area contributed by atoms with Crippen molar-refractivity contribution in [1.29, 1.82) is 0 Å². The molecule has 1 nitrogen and oxygen atoms in total. The quantitative estimate of drug-likeness (QED) is 0.464. The number of hydrogen-bond acceptors (Lipinski definition) is 2. The molecular formula is C12H16ClNS. The number of thioether (sulfide) groups is 1. The highest BCUT2D eigenvalue weighted by Gasteiger charge is 2.03. The zero-order chi connectivity index (χ0) is 11.1. The number of nitrogens with one attached hydrogen (secondary N) is 1. The van der Waals surface area contributed by atoms with Crippen LogP contribution in [0, 0.1) is 0 Å². The van der Waals surface area contributed by atoms with Crippen LogP contribution in [0.4, 0.5) is 0 Å². The van der Waals surface area contributed by atoms with Crippen molar-refractivity contribution in [2.75, 3.05) is 13.1 Å². The van der Waals surface area contributed by atoms with E-state index < -0.39 is 0 Å². The summed E-state index contributed by atoms with van der Waals surface area (Å²) in [4.78, 5) is 1.22. The summed E-state index contributed by atoms with van der Waals surface area (Å²) in [5.74, 6) is 0. The van der Waals surface area contributed by atoms with E-state index in [1.165, 1.54) is 4.90 Å². The van der Waals surface area contributed by atoms with Gasteiger partial charge in [0.05, 0.1) is 0 Å². The van der Waals surface area contributed by atoms with Gasteiger partial charge in [-0.3, -0.25) is 0 Å². The fourth-order valence-electron chi connectivity index (χ4n) is 1.20. The van der Waals surface area contributed by atoms with E-state index >= 15 is 0 Å². The van der Waals surface area contributed by atoms with Crippen molar-refractivity contribution in [2.24, 2.45) is 0 Å². The molecule has 0 aliphatic rings. The Morgan fingerprint density at radius 1 is 1.60 bits per heavy atom. The average molecular weight is 242 g/mol. The molecular weight excluding hydrogens is 226 g/mol. The average Bonchev–Trinajstić information content (AvgIpc) is 2.18. The zero-order valence-electron chi connectivity index (χ0n) is 8.87. The third-order valence-corrected chi connectivity index (χ3v) is 3.18. The first-order valence-electron chi connectivity index (χ1n) is 4.96. The Morgan fingerprint density at radius 3 is 3.07 bits per heavy atom. The van der Waals surface area contributed by atoms with Gasteiger partial charge in [0.15, 0.2) is 0 Å². The molecule has 1 rings (SSSR count). The van der Waals surface area contributed by atoms with E-state index in [-0.39, 0.29) is 0 Å². The molecule has 0 amide bonds. The van der Waals surface area contributed by atoms with E-state index in [0.717, 1.165) is 18.1 Å². The lowest BCUT2D eigenvalue weighted by molar-refractivity contribution is 0.740. The van der Waals surface area contributed by atoms with Crippen LogP contribution in [0.1, 0.15) is 6.92 Å². The van der Waals surface area contributed by atoms with Crippen LogP contribution in [0.5, 0.6) is 0 Å². The number of halogens is 1. The van der Waals surface area contributed by atoms with Gasteiger partial charge in [-0.2, -0.15) is 0 Å². The Kier molecular flexibility index (Phi) is 5.84. The molecule has 0 bridgehead atoms. The summed E-state index contributed by atoms with van der Waals surface area (Å²) in [5.41, 5.74) is 0. The fourth-order valence-corrected chi connectivity index (χ4v) is 2.48. The minimum Gasteiger partial charge on any atom is -0.312 e. The molecule has 0 aliphatic carbocycles. The predicted octanol–water partition coefficient (Wildman–Crippen LogP) is 3.60. The van der Waals surface area contributed by atoms with Crippen molar-refractivity contribution >= 4 is 23.4 Å². The largest absolute Gasteiger partial charge is 0.312 e. The van der Waals surface area contributed by atoms with Crippen molar-refractivity contribution in [3.8, 4) is 0 Å². The maximum atomic E-state index is 5.91. The van der Waals surface area contributed by atoms with Crippen LogP contribution in [0.3, 0.4) is 0 Å². The summed E-state index contributed by atoms with van der Waals surface area (Å²) in [7, 11) is 0. The summed E-state index contributed by atoms with van der Waals surface area (Å²) in [6.07, 6.45) is 1.87. The van der Waals surface area contributed by atoms with Crippen molar-refractivity contribution in [1.82, 2.24) is 5.32 Å². The van der Waals surface area contributed by atoms with Gasteiger partial charge in [-0.25, -0.2) is 0 Å². The highest BCUT2D eigenvalue weighted by Crippen LogP contribution is 2.25. The van der Waals surface area contributed by atoms with Crippen LogP contribution >= 0.6 is 23.4 Å². The highest BCUT2D eigenvalue weighted by atomic mass is 35.5. The van der Waals surface area contributed by atoms with Crippen molar-refractivity contribution in [3.63, 3.8) is 0 Å². The third kappa shape index (κ3) is 5.26. The van der Waals surface area contributed by atoms with E-state index in [4.69, 9.17) is 11.6 Å². The van der Waals surface area contributed by atoms with Gasteiger partial charge in [0, 0.05) is 28.3 Å². The van der Waals surface area contributed by atoms with Gasteiger partial charge in [-0.05, 0) is 18.2 Å². The Labute approximate surface area is 101 Å². The molecule has 0 aromatic heterocycles. The molecule has 0 spiro atoms. The first-order chi connectivity index (χ1) is 7.22. The monoisotopic (exact) mass is 241 g/mol. The second kappa shape index (κ2) is 6.94. The van der Waals surface area contributed by atoms with Crippen LogP contribution in [-0.4, -0.2) is 18.3 Å². The summed E-state index contributed by atoms with van der Waals surface area (Å²) < 4.78 is 0. The molecule has 82 valence electrons. The predicted molar refractivity (Wildman–Crippen MR) is 69.8 cm³/mol. The second-order valence-corrected chi connectivity index (χ2v) is 5.28. The molecule has 15 heavy (non-hydrogen) atoms. The molecule has 1 N–H and O–H groups in total. The number of benzene rings is 1. The molecule has 1 aromatic carbocycles. The molecule has 0 saturated heterocycles. The summed E-state index contributed by atoms with van der Waals surface area (Å²) in [6.45, 7) is 7.70. The lowest BCUT2D eigenvalue weighted by atomic mass is 10.4. The van der Waals surface area contributed by atoms with Crippen LogP contribution < -0.4 is 5.32 Å². The minimum atomic E-state index is 0.531. The molecule has 1 aromatic rings. The summed E-state index contributed by atoms with van der Waals surface area (Å²) >= 11 is 7.74. The van der Waals surface area contributed by atoms with E-state index in [2.05, 4.69) is 24.9 Å². The number of rotatable bonds is 6. The van der Waals surface area contributed by atoms with Crippen LogP contribution in [0.25, 0.3) is 0 Å². The van der Waals surface area contributed by atoms with Crippen molar-refractivity contribution in [3.05, 3.63) is 41.9 Å². The SMILES string of the molecule is C=CCNCC(C)Sc1cccc(Cl)c1. The Morgan fingerprint density at radius 2 is 2.40 bits per heavy atom. The molecule has 0 fully saturated rings. The smallest absolute Gasteiger partial charge is 0.0417 e. The highest BCUT2D eigenvalue weighted by molar-refractivity contribution is 8.00. The molecule has 3 heteroatoms. The van der Waals surface area contributed by atoms with E-state index in [0.29, 0.717) is 5.25 Å². The zero-order valence-corrected chi connectivity index (χ0v) is 10.4. The van der Waals surface area contributed by atoms with Crippen LogP contribution in [-0.2, 0) is 0 Å². The van der Waals surface area contributed by atoms with Gasteiger partial charge in [-0.15, -0.1) is 18.3 Å². The Bertz CT molecular complexity index is 314. The van der Waals surface area contributed by atoms with E-state index in [1.54, 1.807) is 0 Å². The Hall–Kier alpha value is -0.440. The van der Waals surface area contributed by atoms with Gasteiger partial charge in [0.2, 0.25) is 0 Å². The van der Waals surface area contributed by atoms with Gasteiger partial charge in [0.1, 0.15) is 0 Å². The lowest BCUT2D eigenvalue weighted by Gasteiger charge is -2.11. The fraction of sp³-hybridized carbons (Fsp3) is 0.333. The minimum absolute atomic E-state index is 0.531. The topological polar surface area (TPSA) is 12.0 Å². The summed E-state index contributed by atoms with van der Waals surface area (Å²) in [6, 6.07) is 7.96. The summed E-state index contributed by atoms with van der Waals surface area (Å²) in [5, 5.41) is 4.63. The van der Waals surface area contributed by atoms with Crippen molar-refractivity contribution < 1.29 is 0 Å². The lowest BCUT2D eigenvalue weighted by Crippen LogP contribution is -2.22. The first-order valence-corrected chi connectivity index (χ1v) is 6.22. The van der Waals surface area contributed by atoms with E-state index in [9.17, 15) is 0 Å². The number of hydrogen-bond donors (Lipinski definition) is 1. The molecule has 0 aliphatic heterocycles. The standard InChI is InChI=1S/C12H16ClNS/c1-3-7-14-9-10(2)15-12-6-4-5-11(13)8-12/h3-6,8,10,14H,1,7,9H2,2H3. The maximum Gasteiger partial charge on any atom is 0.0417 e. The molecule has 0 radical (unpaired) electrons. The molecule has 1 atom stereocenters. The van der Waals surface area contributed by atoms with Crippen molar-refractivity contribution in [2.45, 2.75) is 17.1 Å². The second-order valence-electron chi connectivity index (χ2n) is 3.33. The third-order valence-electron chi connectivity index (χ3n) is 1.85. The molecule has 1 unspecified atom stereocenters. The molecule has 0 saturated carbocycles. The van der Waals surface area contributed by atoms with E-state index in [1.807, 2.05) is 36.0 Å². The Balaban J connectivity index is 2.37. The first kappa shape index (κ1) is 12.6. The van der Waals surface area contributed by atoms with Gasteiger partial charge >= 0.3 is 0 Å². The van der Waals surface area contributed by atoms with Gasteiger partial charge in [-0.1, -0.05) is 30.7 Å². The van der Waals surface area contributed by atoms with Crippen LogP contribution in [0.15, 0.2) is 41.8 Å². The van der Waals surface area contributed by atoms with Gasteiger partial charge in [0.25, 0.3) is 0 Å². The van der Waals surface area contributed by atoms with Gasteiger partial charge < -0.3 is 5.32 Å². The maximum absolute atomic E-state index is 5.91. The molecule has 0 heterocycles.